The van der Waals surface area contributed by atoms with Crippen LogP contribution in [0.15, 0.2) is 11.1 Å². The van der Waals surface area contributed by atoms with Crippen molar-refractivity contribution in [3.05, 3.63) is 11.1 Å². The molecule has 3 rings (SSSR count). The Morgan fingerprint density at radius 1 is 1.38 bits per heavy atom. The molecule has 4 atom stereocenters. The first-order valence-corrected chi connectivity index (χ1v) is 6.65. The molecule has 90 valence electrons. The molecule has 0 unspecified atom stereocenters. The minimum atomic E-state index is 0.174. The average Bonchev–Trinajstić information content (AvgIpc) is 2.83. The van der Waals surface area contributed by atoms with E-state index < -0.39 is 0 Å². The first-order valence-electron chi connectivity index (χ1n) is 6.65. The van der Waals surface area contributed by atoms with E-state index in [4.69, 9.17) is 9.47 Å². The van der Waals surface area contributed by atoms with Crippen LogP contribution in [0.25, 0.3) is 0 Å². The van der Waals surface area contributed by atoms with Gasteiger partial charge in [-0.2, -0.15) is 0 Å². The summed E-state index contributed by atoms with van der Waals surface area (Å²) < 4.78 is 12.1. The SMILES string of the molecule is CCO[C@@H]1CCC2=C(C)[C@H]3CC[C@H](O3)[C@@]21C. The number of hydrogen-bond donors (Lipinski definition) is 0. The maximum atomic E-state index is 6.17. The molecule has 2 bridgehead atoms. The summed E-state index contributed by atoms with van der Waals surface area (Å²) in [6, 6.07) is 0. The van der Waals surface area contributed by atoms with E-state index in [1.54, 1.807) is 5.57 Å². The second kappa shape index (κ2) is 3.58. The van der Waals surface area contributed by atoms with Crippen molar-refractivity contribution in [3.8, 4) is 0 Å². The highest BCUT2D eigenvalue weighted by Crippen LogP contribution is 2.56. The van der Waals surface area contributed by atoms with Gasteiger partial charge in [0.25, 0.3) is 0 Å². The number of ether oxygens (including phenoxy) is 2. The van der Waals surface area contributed by atoms with E-state index in [1.807, 2.05) is 0 Å². The van der Waals surface area contributed by atoms with Crippen molar-refractivity contribution < 1.29 is 9.47 Å². The van der Waals surface area contributed by atoms with Gasteiger partial charge in [-0.15, -0.1) is 0 Å². The van der Waals surface area contributed by atoms with Crippen LogP contribution in [0.5, 0.6) is 0 Å². The van der Waals surface area contributed by atoms with E-state index in [0.29, 0.717) is 18.3 Å². The Labute approximate surface area is 98.0 Å². The summed E-state index contributed by atoms with van der Waals surface area (Å²) in [4.78, 5) is 0. The second-order valence-electron chi connectivity index (χ2n) is 5.62. The van der Waals surface area contributed by atoms with Crippen LogP contribution in [-0.4, -0.2) is 24.9 Å². The lowest BCUT2D eigenvalue weighted by Gasteiger charge is -2.42. The maximum absolute atomic E-state index is 6.17. The normalized spacial score (nSPS) is 46.3. The van der Waals surface area contributed by atoms with Crippen molar-refractivity contribution in [2.45, 2.75) is 64.8 Å². The minimum Gasteiger partial charge on any atom is -0.377 e. The summed E-state index contributed by atoms with van der Waals surface area (Å²) in [6.07, 6.45) is 6.06. The van der Waals surface area contributed by atoms with Crippen LogP contribution in [0, 0.1) is 5.41 Å². The van der Waals surface area contributed by atoms with E-state index in [2.05, 4.69) is 20.8 Å². The first kappa shape index (κ1) is 10.8. The van der Waals surface area contributed by atoms with Crippen molar-refractivity contribution >= 4 is 0 Å². The van der Waals surface area contributed by atoms with E-state index in [-0.39, 0.29) is 5.41 Å². The molecular formula is C14H22O2. The Morgan fingerprint density at radius 2 is 2.19 bits per heavy atom. The molecule has 0 aromatic heterocycles. The van der Waals surface area contributed by atoms with Crippen molar-refractivity contribution in [1.82, 2.24) is 0 Å². The largest absolute Gasteiger partial charge is 0.377 e. The molecule has 2 fully saturated rings. The monoisotopic (exact) mass is 222 g/mol. The van der Waals surface area contributed by atoms with Crippen LogP contribution >= 0.6 is 0 Å². The molecular weight excluding hydrogens is 200 g/mol. The van der Waals surface area contributed by atoms with Crippen molar-refractivity contribution in [2.24, 2.45) is 5.41 Å². The first-order chi connectivity index (χ1) is 7.67. The molecule has 2 nitrogen and oxygen atoms in total. The van der Waals surface area contributed by atoms with Crippen LogP contribution in [0.3, 0.4) is 0 Å². The minimum absolute atomic E-state index is 0.174. The molecule has 3 aliphatic rings. The van der Waals surface area contributed by atoms with Gasteiger partial charge >= 0.3 is 0 Å². The van der Waals surface area contributed by atoms with Gasteiger partial charge in [-0.05, 0) is 45.1 Å². The fourth-order valence-corrected chi connectivity index (χ4v) is 4.11. The molecule has 0 aromatic rings. The highest BCUT2D eigenvalue weighted by atomic mass is 16.5. The highest BCUT2D eigenvalue weighted by Gasteiger charge is 2.55. The van der Waals surface area contributed by atoms with Crippen LogP contribution in [0.4, 0.5) is 0 Å². The van der Waals surface area contributed by atoms with Crippen molar-refractivity contribution in [3.63, 3.8) is 0 Å². The van der Waals surface area contributed by atoms with Crippen LogP contribution < -0.4 is 0 Å². The zero-order valence-corrected chi connectivity index (χ0v) is 10.6. The third kappa shape index (κ3) is 1.20. The van der Waals surface area contributed by atoms with Gasteiger partial charge in [0.05, 0.1) is 18.3 Å². The lowest BCUT2D eigenvalue weighted by Crippen LogP contribution is -2.44. The van der Waals surface area contributed by atoms with E-state index in [9.17, 15) is 0 Å². The van der Waals surface area contributed by atoms with Gasteiger partial charge in [0.2, 0.25) is 0 Å². The lowest BCUT2D eigenvalue weighted by molar-refractivity contribution is -0.0867. The van der Waals surface area contributed by atoms with Gasteiger partial charge in [-0.25, -0.2) is 0 Å². The average molecular weight is 222 g/mol. The van der Waals surface area contributed by atoms with Gasteiger partial charge in [-0.3, -0.25) is 0 Å². The smallest absolute Gasteiger partial charge is 0.0790 e. The Balaban J connectivity index is 2.01. The molecule has 1 aliphatic carbocycles. The number of fused-ring (bicyclic) bond motifs is 4. The van der Waals surface area contributed by atoms with Gasteiger partial charge in [-0.1, -0.05) is 12.5 Å². The molecule has 2 heteroatoms. The summed E-state index contributed by atoms with van der Waals surface area (Å²) in [7, 11) is 0. The Morgan fingerprint density at radius 3 is 2.94 bits per heavy atom. The van der Waals surface area contributed by atoms with Crippen molar-refractivity contribution in [2.75, 3.05) is 6.61 Å². The third-order valence-corrected chi connectivity index (χ3v) is 4.99. The zero-order chi connectivity index (χ0) is 11.3. The van der Waals surface area contributed by atoms with Gasteiger partial charge in [0.15, 0.2) is 0 Å². The third-order valence-electron chi connectivity index (χ3n) is 4.99. The second-order valence-corrected chi connectivity index (χ2v) is 5.62. The van der Waals surface area contributed by atoms with Crippen LogP contribution in [-0.2, 0) is 9.47 Å². The van der Waals surface area contributed by atoms with Gasteiger partial charge < -0.3 is 9.47 Å². The van der Waals surface area contributed by atoms with E-state index >= 15 is 0 Å². The molecule has 0 aromatic carbocycles. The predicted octanol–water partition coefficient (Wildman–Crippen LogP) is 3.07. The van der Waals surface area contributed by atoms with Crippen LogP contribution in [0.2, 0.25) is 0 Å². The Kier molecular flexibility index (Phi) is 2.41. The molecule has 16 heavy (non-hydrogen) atoms. The summed E-state index contributed by atoms with van der Waals surface area (Å²) >= 11 is 0. The van der Waals surface area contributed by atoms with Gasteiger partial charge in [0.1, 0.15) is 0 Å². The highest BCUT2D eigenvalue weighted by molar-refractivity contribution is 5.34. The summed E-state index contributed by atoms with van der Waals surface area (Å²) in [5.74, 6) is 0. The Bertz CT molecular complexity index is 334. The molecule has 0 amide bonds. The lowest BCUT2D eigenvalue weighted by atomic mass is 9.74. The summed E-state index contributed by atoms with van der Waals surface area (Å²) in [5, 5.41) is 0. The van der Waals surface area contributed by atoms with E-state index in [1.165, 1.54) is 31.3 Å². The molecule has 0 N–H and O–H groups in total. The van der Waals surface area contributed by atoms with Crippen LogP contribution in [0.1, 0.15) is 46.5 Å². The fraction of sp³-hybridized carbons (Fsp3) is 0.857. The predicted molar refractivity (Wildman–Crippen MR) is 63.4 cm³/mol. The summed E-state index contributed by atoms with van der Waals surface area (Å²) in [6.45, 7) is 7.56. The molecule has 2 aliphatic heterocycles. The molecule has 0 spiro atoms. The fourth-order valence-electron chi connectivity index (χ4n) is 4.11. The zero-order valence-electron chi connectivity index (χ0n) is 10.6. The Hall–Kier alpha value is -0.340. The van der Waals surface area contributed by atoms with E-state index in [0.717, 1.165) is 6.61 Å². The quantitative estimate of drug-likeness (QED) is 0.668. The maximum Gasteiger partial charge on any atom is 0.0790 e. The molecule has 0 radical (unpaired) electrons. The summed E-state index contributed by atoms with van der Waals surface area (Å²) in [5.41, 5.74) is 3.34. The van der Waals surface area contributed by atoms with Crippen molar-refractivity contribution in [1.29, 1.82) is 0 Å². The number of rotatable bonds is 2. The number of hydrogen-bond acceptors (Lipinski definition) is 2. The van der Waals surface area contributed by atoms with Gasteiger partial charge in [0, 0.05) is 12.0 Å². The molecule has 1 saturated heterocycles. The standard InChI is InChI=1S/C14H22O2/c1-4-15-12-7-5-10-9(2)11-6-8-13(16-11)14(10,12)3/h11-13H,4-8H2,1-3H3/t11-,12-,13+,14+/m1/s1. The topological polar surface area (TPSA) is 18.5 Å². The molecule has 2 heterocycles. The molecule has 1 saturated carbocycles.